The van der Waals surface area contributed by atoms with E-state index in [2.05, 4.69) is 19.3 Å². The van der Waals surface area contributed by atoms with Crippen LogP contribution in [0.4, 0.5) is 0 Å². The van der Waals surface area contributed by atoms with Crippen molar-refractivity contribution in [2.75, 3.05) is 14.2 Å². The van der Waals surface area contributed by atoms with Crippen molar-refractivity contribution < 1.29 is 9.47 Å². The first kappa shape index (κ1) is 15.0. The molecule has 0 saturated heterocycles. The normalized spacial score (nSPS) is 13.4. The summed E-state index contributed by atoms with van der Waals surface area (Å²) in [5.74, 6) is 6.57. The maximum Gasteiger partial charge on any atom is 0.118 e. The molecule has 0 aromatic heterocycles. The van der Waals surface area contributed by atoms with Gasteiger partial charge in [0.25, 0.3) is 0 Å². The van der Waals surface area contributed by atoms with Crippen LogP contribution in [0.15, 0.2) is 24.3 Å². The Morgan fingerprint density at radius 3 is 2.06 bits per heavy atom. The molecule has 1 atom stereocenters. The molecule has 18 heavy (non-hydrogen) atoms. The highest BCUT2D eigenvalue weighted by atomic mass is 16.5. The SMILES string of the molecule is CCC(CC)(OC)C(NN)c1ccc(OC)cc1. The highest BCUT2D eigenvalue weighted by molar-refractivity contribution is 5.30. The van der Waals surface area contributed by atoms with Crippen molar-refractivity contribution in [3.05, 3.63) is 29.8 Å². The van der Waals surface area contributed by atoms with Gasteiger partial charge >= 0.3 is 0 Å². The van der Waals surface area contributed by atoms with E-state index >= 15 is 0 Å². The number of benzene rings is 1. The highest BCUT2D eigenvalue weighted by Gasteiger charge is 2.36. The zero-order valence-corrected chi connectivity index (χ0v) is 11.7. The van der Waals surface area contributed by atoms with Crippen molar-refractivity contribution in [1.82, 2.24) is 5.43 Å². The van der Waals surface area contributed by atoms with Crippen LogP contribution in [-0.2, 0) is 4.74 Å². The van der Waals surface area contributed by atoms with Gasteiger partial charge in [0, 0.05) is 7.11 Å². The molecule has 0 spiro atoms. The van der Waals surface area contributed by atoms with Crippen molar-refractivity contribution in [3.63, 3.8) is 0 Å². The first-order chi connectivity index (χ1) is 8.67. The molecule has 3 N–H and O–H groups in total. The molecule has 1 aromatic carbocycles. The Hall–Kier alpha value is -1.10. The predicted octanol–water partition coefficient (Wildman–Crippen LogP) is 2.40. The Morgan fingerprint density at radius 2 is 1.72 bits per heavy atom. The van der Waals surface area contributed by atoms with Gasteiger partial charge in [-0.3, -0.25) is 11.3 Å². The van der Waals surface area contributed by atoms with Gasteiger partial charge in [0.05, 0.1) is 18.8 Å². The van der Waals surface area contributed by atoms with Gasteiger partial charge in [0.1, 0.15) is 5.75 Å². The molecule has 1 unspecified atom stereocenters. The van der Waals surface area contributed by atoms with E-state index in [1.165, 1.54) is 0 Å². The maximum atomic E-state index is 5.73. The first-order valence-electron chi connectivity index (χ1n) is 6.32. The average Bonchev–Trinajstić information content (AvgIpc) is 2.45. The predicted molar refractivity (Wildman–Crippen MR) is 73.4 cm³/mol. The molecule has 4 heteroatoms. The monoisotopic (exact) mass is 252 g/mol. The summed E-state index contributed by atoms with van der Waals surface area (Å²) in [4.78, 5) is 0. The molecule has 0 fully saturated rings. The van der Waals surface area contributed by atoms with E-state index in [1.807, 2.05) is 24.3 Å². The second kappa shape index (κ2) is 6.73. The lowest BCUT2D eigenvalue weighted by atomic mass is 9.84. The highest BCUT2D eigenvalue weighted by Crippen LogP contribution is 2.34. The van der Waals surface area contributed by atoms with Gasteiger partial charge in [-0.05, 0) is 30.5 Å². The molecule has 0 bridgehead atoms. The summed E-state index contributed by atoms with van der Waals surface area (Å²) in [6.07, 6.45) is 1.78. The third-order valence-corrected chi connectivity index (χ3v) is 3.75. The van der Waals surface area contributed by atoms with Gasteiger partial charge in [-0.2, -0.15) is 0 Å². The minimum atomic E-state index is -0.288. The van der Waals surface area contributed by atoms with E-state index in [-0.39, 0.29) is 11.6 Å². The lowest BCUT2D eigenvalue weighted by molar-refractivity contribution is -0.0486. The molecule has 0 aliphatic carbocycles. The zero-order valence-electron chi connectivity index (χ0n) is 11.7. The van der Waals surface area contributed by atoms with Crippen LogP contribution in [0.1, 0.15) is 38.3 Å². The van der Waals surface area contributed by atoms with Gasteiger partial charge in [-0.25, -0.2) is 0 Å². The molecule has 0 saturated carbocycles. The Morgan fingerprint density at radius 1 is 1.17 bits per heavy atom. The summed E-state index contributed by atoms with van der Waals surface area (Å²) in [7, 11) is 3.39. The maximum absolute atomic E-state index is 5.73. The fourth-order valence-electron chi connectivity index (χ4n) is 2.41. The summed E-state index contributed by atoms with van der Waals surface area (Å²) < 4.78 is 10.9. The second-order valence-corrected chi connectivity index (χ2v) is 4.35. The van der Waals surface area contributed by atoms with E-state index in [0.717, 1.165) is 24.2 Å². The fourth-order valence-corrected chi connectivity index (χ4v) is 2.41. The summed E-state index contributed by atoms with van der Waals surface area (Å²) in [6, 6.07) is 7.87. The van der Waals surface area contributed by atoms with Gasteiger partial charge in [0.15, 0.2) is 0 Å². The number of rotatable bonds is 7. The van der Waals surface area contributed by atoms with Crippen molar-refractivity contribution in [3.8, 4) is 5.75 Å². The van der Waals surface area contributed by atoms with Crippen LogP contribution in [0.5, 0.6) is 5.75 Å². The minimum absolute atomic E-state index is 0.0385. The van der Waals surface area contributed by atoms with Crippen LogP contribution < -0.4 is 16.0 Å². The van der Waals surface area contributed by atoms with Crippen LogP contribution in [0.25, 0.3) is 0 Å². The molecular formula is C14H24N2O2. The molecule has 0 radical (unpaired) electrons. The quantitative estimate of drug-likeness (QED) is 0.578. The van der Waals surface area contributed by atoms with Crippen LogP contribution in [-0.4, -0.2) is 19.8 Å². The van der Waals surface area contributed by atoms with Gasteiger partial charge < -0.3 is 9.47 Å². The summed E-state index contributed by atoms with van der Waals surface area (Å²) in [5, 5.41) is 0. The topological polar surface area (TPSA) is 56.5 Å². The van der Waals surface area contributed by atoms with Crippen molar-refractivity contribution in [2.24, 2.45) is 5.84 Å². The third kappa shape index (κ3) is 2.83. The van der Waals surface area contributed by atoms with E-state index in [0.29, 0.717) is 0 Å². The summed E-state index contributed by atoms with van der Waals surface area (Å²) in [5.41, 5.74) is 3.70. The van der Waals surface area contributed by atoms with E-state index < -0.39 is 0 Å². The molecule has 0 aliphatic heterocycles. The number of hydrazine groups is 1. The average molecular weight is 252 g/mol. The van der Waals surface area contributed by atoms with Crippen LogP contribution in [0.2, 0.25) is 0 Å². The van der Waals surface area contributed by atoms with E-state index in [4.69, 9.17) is 15.3 Å². The summed E-state index contributed by atoms with van der Waals surface area (Å²) >= 11 is 0. The van der Waals surface area contributed by atoms with Crippen LogP contribution in [0.3, 0.4) is 0 Å². The number of hydrogen-bond donors (Lipinski definition) is 2. The first-order valence-corrected chi connectivity index (χ1v) is 6.32. The largest absolute Gasteiger partial charge is 0.497 e. The van der Waals surface area contributed by atoms with Crippen LogP contribution >= 0.6 is 0 Å². The summed E-state index contributed by atoms with van der Waals surface area (Å²) in [6.45, 7) is 4.22. The third-order valence-electron chi connectivity index (χ3n) is 3.75. The molecule has 1 aromatic rings. The van der Waals surface area contributed by atoms with E-state index in [1.54, 1.807) is 14.2 Å². The number of ether oxygens (including phenoxy) is 2. The Kier molecular flexibility index (Phi) is 5.59. The molecule has 0 aliphatic rings. The molecule has 1 rings (SSSR count). The van der Waals surface area contributed by atoms with Crippen molar-refractivity contribution >= 4 is 0 Å². The zero-order chi connectivity index (χ0) is 13.6. The number of methoxy groups -OCH3 is 2. The molecular weight excluding hydrogens is 228 g/mol. The van der Waals surface area contributed by atoms with Gasteiger partial charge in [-0.15, -0.1) is 0 Å². The standard InChI is InChI=1S/C14H24N2O2/c1-5-14(6-2,18-4)13(16-15)11-7-9-12(17-3)10-8-11/h7-10,13,16H,5-6,15H2,1-4H3. The Bertz CT molecular complexity index is 339. The smallest absolute Gasteiger partial charge is 0.118 e. The second-order valence-electron chi connectivity index (χ2n) is 4.35. The van der Waals surface area contributed by atoms with Crippen molar-refractivity contribution in [2.45, 2.75) is 38.3 Å². The minimum Gasteiger partial charge on any atom is -0.497 e. The number of nitrogens with one attached hydrogen (secondary N) is 1. The molecule has 0 heterocycles. The van der Waals surface area contributed by atoms with E-state index in [9.17, 15) is 0 Å². The lowest BCUT2D eigenvalue weighted by Gasteiger charge is -2.38. The molecule has 4 nitrogen and oxygen atoms in total. The number of nitrogens with two attached hydrogens (primary N) is 1. The van der Waals surface area contributed by atoms with Crippen LogP contribution in [0, 0.1) is 0 Å². The van der Waals surface area contributed by atoms with Crippen molar-refractivity contribution in [1.29, 1.82) is 0 Å². The molecule has 102 valence electrons. The lowest BCUT2D eigenvalue weighted by Crippen LogP contribution is -2.47. The Labute approximate surface area is 109 Å². The number of hydrogen-bond acceptors (Lipinski definition) is 4. The fraction of sp³-hybridized carbons (Fsp3) is 0.571. The van der Waals surface area contributed by atoms with Gasteiger partial charge in [0.2, 0.25) is 0 Å². The molecule has 0 amide bonds. The Balaban J connectivity index is 3.06. The van der Waals surface area contributed by atoms with Gasteiger partial charge in [-0.1, -0.05) is 26.0 Å².